The minimum Gasteiger partial charge on any atom is -0.472 e. The van der Waals surface area contributed by atoms with Gasteiger partial charge in [-0.25, -0.2) is 23.2 Å². The molecule has 4 amide bonds. The van der Waals surface area contributed by atoms with Crippen molar-refractivity contribution < 1.29 is 41.3 Å². The van der Waals surface area contributed by atoms with Crippen LogP contribution < -0.4 is 20.1 Å². The highest BCUT2D eigenvalue weighted by Crippen LogP contribution is 2.41. The van der Waals surface area contributed by atoms with E-state index in [0.29, 0.717) is 30.1 Å². The molecule has 0 bridgehead atoms. The SMILES string of the molecule is C=CC1CC[C@]1(NC(=O)[C@@H]1C[C@@H](Oc2cc(Sc3nccs3)nc(-c3ccccc3)n2)CN1C(=O)[C@@H](NC(=O)OC1CCCC1)C(C)(C)C)C(=O)NS(=O)(=O)C1CC1.[HH].[HH].[HH]. The molecule has 0 spiro atoms. The highest BCUT2D eigenvalue weighted by Gasteiger charge is 2.56. The third kappa shape index (κ3) is 9.33. The number of nitrogens with zero attached hydrogens (tertiary/aromatic N) is 4. The first-order valence-electron chi connectivity index (χ1n) is 19.6. The molecule has 4 fully saturated rings. The molecular formula is C40H55N7O8S3. The smallest absolute Gasteiger partial charge is 0.408 e. The molecule has 2 aromatic heterocycles. The van der Waals surface area contributed by atoms with Crippen molar-refractivity contribution in [3.05, 3.63) is 60.6 Å². The lowest BCUT2D eigenvalue weighted by atomic mass is 9.66. The molecule has 1 unspecified atom stereocenters. The average molecular weight is 858 g/mol. The molecule has 316 valence electrons. The van der Waals surface area contributed by atoms with E-state index in [0.717, 1.165) is 35.6 Å². The van der Waals surface area contributed by atoms with Crippen molar-refractivity contribution in [2.24, 2.45) is 11.3 Å². The second-order valence-electron chi connectivity index (χ2n) is 16.4. The van der Waals surface area contributed by atoms with Crippen LogP contribution in [0.2, 0.25) is 0 Å². The Morgan fingerprint density at radius 3 is 2.43 bits per heavy atom. The molecule has 3 saturated carbocycles. The summed E-state index contributed by atoms with van der Waals surface area (Å²) in [6.45, 7) is 9.20. The summed E-state index contributed by atoms with van der Waals surface area (Å²) < 4.78 is 40.9. The minimum atomic E-state index is -3.93. The van der Waals surface area contributed by atoms with Crippen LogP contribution in [-0.2, 0) is 29.1 Å². The molecule has 1 aliphatic heterocycles. The molecule has 0 radical (unpaired) electrons. The molecule has 15 nitrogen and oxygen atoms in total. The maximum Gasteiger partial charge on any atom is 0.408 e. The summed E-state index contributed by atoms with van der Waals surface area (Å²) in [5, 5.41) is 7.45. The molecule has 4 aliphatic rings. The van der Waals surface area contributed by atoms with Gasteiger partial charge >= 0.3 is 6.09 Å². The number of alkyl carbamates (subject to hydrolysis) is 1. The number of aromatic nitrogens is 3. The van der Waals surface area contributed by atoms with Crippen LogP contribution in [0.5, 0.6) is 5.88 Å². The van der Waals surface area contributed by atoms with E-state index in [1.165, 1.54) is 34.1 Å². The molecule has 3 N–H and O–H groups in total. The highest BCUT2D eigenvalue weighted by molar-refractivity contribution is 8.01. The molecule has 3 aromatic rings. The van der Waals surface area contributed by atoms with Crippen molar-refractivity contribution in [2.45, 2.75) is 123 Å². The lowest BCUT2D eigenvalue weighted by molar-refractivity contribution is -0.145. The fourth-order valence-corrected chi connectivity index (χ4v) is 10.6. The summed E-state index contributed by atoms with van der Waals surface area (Å²) >= 11 is 2.81. The van der Waals surface area contributed by atoms with Gasteiger partial charge in [0.1, 0.15) is 34.9 Å². The predicted molar refractivity (Wildman–Crippen MR) is 224 cm³/mol. The fourth-order valence-electron chi connectivity index (χ4n) is 7.65. The van der Waals surface area contributed by atoms with E-state index in [1.54, 1.807) is 33.0 Å². The standard InChI is InChI=1S/C40H49N7O8S3.3H2/c1-5-25-17-18-40(25,36(50)46-58(52,53)28-15-16-28)45-34(48)29-21-27(23-47(29)35(49)32(39(2,3)4)44-37(51)55-26-13-9-10-14-26)54-30-22-31(57-38-41-19-20-56-38)43-33(42-30)24-11-7-6-8-12-24;;;/h5-8,11-12,19-20,22,25-29,32H,1,9-10,13-18,21,23H2,2-4H3,(H,44,51)(H,45,48)(H,46,50);3*1H/t25?,27-,29+,32-,40-;;;/m1.../s1. The molecule has 1 aromatic carbocycles. The van der Waals surface area contributed by atoms with Crippen LogP contribution in [0.25, 0.3) is 11.4 Å². The van der Waals surface area contributed by atoms with E-state index in [-0.39, 0.29) is 35.7 Å². The van der Waals surface area contributed by atoms with Crippen molar-refractivity contribution in [1.82, 2.24) is 35.2 Å². The maximum atomic E-state index is 14.7. The number of hydrogen-bond donors (Lipinski definition) is 3. The molecule has 18 heteroatoms. The largest absolute Gasteiger partial charge is 0.472 e. The number of benzene rings is 1. The van der Waals surface area contributed by atoms with Crippen LogP contribution in [0.3, 0.4) is 0 Å². The summed E-state index contributed by atoms with van der Waals surface area (Å²) in [4.78, 5) is 71.5. The quantitative estimate of drug-likeness (QED) is 0.127. The highest BCUT2D eigenvalue weighted by atomic mass is 32.2. The van der Waals surface area contributed by atoms with Crippen molar-refractivity contribution in [2.75, 3.05) is 6.54 Å². The number of thiazole rings is 1. The Labute approximate surface area is 351 Å². The summed E-state index contributed by atoms with van der Waals surface area (Å²) in [6.07, 6.45) is 6.49. The van der Waals surface area contributed by atoms with Gasteiger partial charge in [-0.05, 0) is 68.5 Å². The lowest BCUT2D eigenvalue weighted by Crippen LogP contribution is -2.70. The molecule has 5 atom stereocenters. The third-order valence-corrected chi connectivity index (χ3v) is 14.7. The average Bonchev–Trinajstić information content (AvgIpc) is 3.47. The number of amides is 4. The van der Waals surface area contributed by atoms with Crippen molar-refractivity contribution >= 4 is 56.9 Å². The maximum absolute atomic E-state index is 14.7. The van der Waals surface area contributed by atoms with Gasteiger partial charge < -0.3 is 25.0 Å². The van der Waals surface area contributed by atoms with Crippen LogP contribution in [0.15, 0.2) is 70.0 Å². The molecule has 1 saturated heterocycles. The monoisotopic (exact) mass is 857 g/mol. The Kier molecular flexibility index (Phi) is 12.2. The third-order valence-electron chi connectivity index (χ3n) is 11.1. The second kappa shape index (κ2) is 17.0. The van der Waals surface area contributed by atoms with Crippen LogP contribution in [0.4, 0.5) is 4.79 Å². The summed E-state index contributed by atoms with van der Waals surface area (Å²) in [5.74, 6) is -1.98. The summed E-state index contributed by atoms with van der Waals surface area (Å²) in [6, 6.07) is 8.79. The van der Waals surface area contributed by atoms with Crippen LogP contribution >= 0.6 is 23.1 Å². The zero-order valence-corrected chi connectivity index (χ0v) is 35.2. The Bertz CT molecular complexity index is 2140. The van der Waals surface area contributed by atoms with Crippen molar-refractivity contribution in [1.29, 1.82) is 0 Å². The van der Waals surface area contributed by atoms with Gasteiger partial charge in [-0.3, -0.25) is 19.1 Å². The zero-order chi connectivity index (χ0) is 41.2. The molecule has 7 rings (SSSR count). The number of hydrogen-bond acceptors (Lipinski definition) is 13. The van der Waals surface area contributed by atoms with Crippen molar-refractivity contribution in [3.63, 3.8) is 0 Å². The van der Waals surface area contributed by atoms with Gasteiger partial charge in [-0.15, -0.1) is 17.9 Å². The Balaban J connectivity index is 0.00000273. The molecule has 3 heterocycles. The Morgan fingerprint density at radius 2 is 1.81 bits per heavy atom. The van der Waals surface area contributed by atoms with Gasteiger partial charge in [0, 0.05) is 39.8 Å². The van der Waals surface area contributed by atoms with E-state index in [9.17, 15) is 27.6 Å². The van der Waals surface area contributed by atoms with Gasteiger partial charge in [0.2, 0.25) is 27.7 Å². The van der Waals surface area contributed by atoms with Crippen LogP contribution in [0.1, 0.15) is 82.8 Å². The van der Waals surface area contributed by atoms with Gasteiger partial charge in [0.15, 0.2) is 10.2 Å². The lowest BCUT2D eigenvalue weighted by Gasteiger charge is -2.47. The number of rotatable bonds is 14. The Morgan fingerprint density at radius 1 is 1.07 bits per heavy atom. The van der Waals surface area contributed by atoms with E-state index >= 15 is 0 Å². The number of ether oxygens (including phenoxy) is 2. The number of likely N-dealkylation sites (tertiary alicyclic amines) is 1. The fraction of sp³-hybridized carbons (Fsp3) is 0.525. The minimum absolute atomic E-state index is 0. The number of nitrogens with one attached hydrogen (secondary N) is 3. The zero-order valence-electron chi connectivity index (χ0n) is 32.7. The number of carbonyl (C=O) groups is 4. The number of sulfonamides is 1. The van der Waals surface area contributed by atoms with Gasteiger partial charge in [-0.2, -0.15) is 4.98 Å². The van der Waals surface area contributed by atoms with E-state index < -0.39 is 74.1 Å². The van der Waals surface area contributed by atoms with Crippen LogP contribution in [0, 0.1) is 11.3 Å². The predicted octanol–water partition coefficient (Wildman–Crippen LogP) is 5.98. The van der Waals surface area contributed by atoms with E-state index in [1.807, 2.05) is 35.7 Å². The number of carbonyl (C=O) groups excluding carboxylic acids is 4. The molecule has 58 heavy (non-hydrogen) atoms. The van der Waals surface area contributed by atoms with Gasteiger partial charge in [-0.1, -0.05) is 57.2 Å². The molecule has 3 aliphatic carbocycles. The topological polar surface area (TPSA) is 199 Å². The van der Waals surface area contributed by atoms with E-state index in [2.05, 4.69) is 26.9 Å². The van der Waals surface area contributed by atoms with Gasteiger partial charge in [0.25, 0.3) is 5.91 Å². The summed E-state index contributed by atoms with van der Waals surface area (Å²) in [5.41, 5.74) is -1.66. The first-order valence-corrected chi connectivity index (χ1v) is 22.9. The normalized spacial score (nSPS) is 24.0. The van der Waals surface area contributed by atoms with Crippen LogP contribution in [-0.4, -0.2) is 93.7 Å². The van der Waals surface area contributed by atoms with Gasteiger partial charge in [0.05, 0.1) is 11.8 Å². The second-order valence-corrected chi connectivity index (χ2v) is 20.5. The van der Waals surface area contributed by atoms with Crippen molar-refractivity contribution in [3.8, 4) is 17.3 Å². The van der Waals surface area contributed by atoms with E-state index in [4.69, 9.17) is 19.4 Å². The summed E-state index contributed by atoms with van der Waals surface area (Å²) in [7, 11) is -3.93. The molecular weight excluding hydrogens is 803 g/mol. The first-order chi connectivity index (χ1) is 27.6. The Hall–Kier alpha value is -4.55. The first kappa shape index (κ1) is 41.6.